The number of hydrogen-bond donors (Lipinski definition) is 2. The van der Waals surface area contributed by atoms with E-state index in [1.165, 1.54) is 6.42 Å². The van der Waals surface area contributed by atoms with Gasteiger partial charge in [-0.05, 0) is 24.7 Å². The molecule has 0 aromatic carbocycles. The fourth-order valence-corrected chi connectivity index (χ4v) is 1.41. The van der Waals surface area contributed by atoms with Crippen LogP contribution in [0.15, 0.2) is 0 Å². The number of amides is 1. The van der Waals surface area contributed by atoms with E-state index in [0.29, 0.717) is 24.9 Å². The lowest BCUT2D eigenvalue weighted by Crippen LogP contribution is -2.24. The zero-order chi connectivity index (χ0) is 12.4. The summed E-state index contributed by atoms with van der Waals surface area (Å²) in [5, 5.41) is 2.89. The molecule has 0 aliphatic heterocycles. The summed E-state index contributed by atoms with van der Waals surface area (Å²) in [4.78, 5) is 15.7. The summed E-state index contributed by atoms with van der Waals surface area (Å²) in [6, 6.07) is 0. The normalized spacial score (nSPS) is 11.5. The standard InChI is InChI=1S/C12H26N2O2/c1-12(2,3)8-4-5-9-14-11(15)7-6-10-16-13/h4-10,13H2,1-3H3,(H,14,15). The van der Waals surface area contributed by atoms with Crippen LogP contribution in [0.4, 0.5) is 0 Å². The molecule has 0 unspecified atom stereocenters. The number of nitrogens with two attached hydrogens (primary N) is 1. The van der Waals surface area contributed by atoms with Gasteiger partial charge < -0.3 is 10.2 Å². The molecule has 0 aliphatic carbocycles. The summed E-state index contributed by atoms with van der Waals surface area (Å²) in [6.07, 6.45) is 4.59. The van der Waals surface area contributed by atoms with Crippen molar-refractivity contribution in [3.05, 3.63) is 0 Å². The minimum absolute atomic E-state index is 0.0906. The van der Waals surface area contributed by atoms with Crippen LogP contribution in [0.5, 0.6) is 0 Å². The molecule has 0 bridgehead atoms. The second-order valence-electron chi connectivity index (χ2n) is 5.34. The lowest BCUT2D eigenvalue weighted by molar-refractivity contribution is -0.121. The number of unbranched alkanes of at least 4 members (excludes halogenated alkanes) is 1. The van der Waals surface area contributed by atoms with Crippen molar-refractivity contribution in [2.45, 2.75) is 52.9 Å². The predicted octanol–water partition coefficient (Wildman–Crippen LogP) is 1.99. The monoisotopic (exact) mass is 230 g/mol. The van der Waals surface area contributed by atoms with Gasteiger partial charge in [0.25, 0.3) is 0 Å². The van der Waals surface area contributed by atoms with E-state index in [0.717, 1.165) is 19.4 Å². The van der Waals surface area contributed by atoms with Crippen LogP contribution < -0.4 is 11.2 Å². The van der Waals surface area contributed by atoms with Gasteiger partial charge >= 0.3 is 0 Å². The highest BCUT2D eigenvalue weighted by Gasteiger charge is 2.08. The minimum Gasteiger partial charge on any atom is -0.356 e. The summed E-state index contributed by atoms with van der Waals surface area (Å²) in [5.41, 5.74) is 0.391. The molecule has 0 aromatic heterocycles. The molecule has 0 aromatic rings. The van der Waals surface area contributed by atoms with Gasteiger partial charge in [0.2, 0.25) is 5.91 Å². The van der Waals surface area contributed by atoms with Gasteiger partial charge in [-0.25, -0.2) is 5.90 Å². The Morgan fingerprint density at radius 1 is 1.25 bits per heavy atom. The maximum absolute atomic E-state index is 11.3. The molecule has 4 nitrogen and oxygen atoms in total. The first-order valence-electron chi connectivity index (χ1n) is 6.04. The fourth-order valence-electron chi connectivity index (χ4n) is 1.41. The molecule has 4 heteroatoms. The van der Waals surface area contributed by atoms with Crippen molar-refractivity contribution >= 4 is 5.91 Å². The van der Waals surface area contributed by atoms with Crippen LogP contribution in [0.25, 0.3) is 0 Å². The summed E-state index contributed by atoms with van der Waals surface area (Å²) in [6.45, 7) is 7.92. The maximum atomic E-state index is 11.3. The average molecular weight is 230 g/mol. The zero-order valence-electron chi connectivity index (χ0n) is 10.8. The van der Waals surface area contributed by atoms with Crippen LogP contribution in [-0.4, -0.2) is 19.1 Å². The first-order chi connectivity index (χ1) is 7.45. The highest BCUT2D eigenvalue weighted by molar-refractivity contribution is 5.75. The van der Waals surface area contributed by atoms with Gasteiger partial charge in [0.05, 0.1) is 6.61 Å². The molecule has 0 aliphatic rings. The van der Waals surface area contributed by atoms with Gasteiger partial charge in [0.15, 0.2) is 0 Å². The van der Waals surface area contributed by atoms with Gasteiger partial charge in [0.1, 0.15) is 0 Å². The molecule has 0 fully saturated rings. The topological polar surface area (TPSA) is 64.3 Å². The Hall–Kier alpha value is -0.610. The molecule has 0 spiro atoms. The van der Waals surface area contributed by atoms with Gasteiger partial charge in [-0.3, -0.25) is 4.79 Å². The van der Waals surface area contributed by atoms with Crippen LogP contribution >= 0.6 is 0 Å². The lowest BCUT2D eigenvalue weighted by atomic mass is 9.90. The molecule has 3 N–H and O–H groups in total. The summed E-state index contributed by atoms with van der Waals surface area (Å²) >= 11 is 0. The maximum Gasteiger partial charge on any atom is 0.220 e. The molecular weight excluding hydrogens is 204 g/mol. The highest BCUT2D eigenvalue weighted by Crippen LogP contribution is 2.21. The Labute approximate surface area is 98.9 Å². The van der Waals surface area contributed by atoms with E-state index in [4.69, 9.17) is 5.90 Å². The molecule has 0 radical (unpaired) electrons. The summed E-state index contributed by atoms with van der Waals surface area (Å²) < 4.78 is 0. The van der Waals surface area contributed by atoms with Crippen molar-refractivity contribution in [2.75, 3.05) is 13.2 Å². The van der Waals surface area contributed by atoms with E-state index >= 15 is 0 Å². The van der Waals surface area contributed by atoms with Crippen LogP contribution in [0.1, 0.15) is 52.9 Å². The first-order valence-corrected chi connectivity index (χ1v) is 6.04. The van der Waals surface area contributed by atoms with E-state index in [-0.39, 0.29) is 5.91 Å². The zero-order valence-corrected chi connectivity index (χ0v) is 10.8. The van der Waals surface area contributed by atoms with E-state index in [2.05, 4.69) is 30.9 Å². The van der Waals surface area contributed by atoms with Crippen molar-refractivity contribution in [3.63, 3.8) is 0 Å². The number of carbonyl (C=O) groups excluding carboxylic acids is 1. The third-order valence-electron chi connectivity index (χ3n) is 2.34. The van der Waals surface area contributed by atoms with Crippen molar-refractivity contribution in [2.24, 2.45) is 11.3 Å². The average Bonchev–Trinajstić information content (AvgIpc) is 2.16. The Kier molecular flexibility index (Phi) is 8.21. The molecule has 16 heavy (non-hydrogen) atoms. The van der Waals surface area contributed by atoms with E-state index in [1.54, 1.807) is 0 Å². The fraction of sp³-hybridized carbons (Fsp3) is 0.917. The second-order valence-corrected chi connectivity index (χ2v) is 5.34. The van der Waals surface area contributed by atoms with Crippen LogP contribution in [-0.2, 0) is 9.63 Å². The Bertz CT molecular complexity index is 188. The number of nitrogens with one attached hydrogen (secondary N) is 1. The van der Waals surface area contributed by atoms with Crippen molar-refractivity contribution in [3.8, 4) is 0 Å². The molecule has 96 valence electrons. The Balaban J connectivity index is 3.28. The van der Waals surface area contributed by atoms with Gasteiger partial charge in [0, 0.05) is 13.0 Å². The molecule has 0 rings (SSSR count). The number of hydrogen-bond acceptors (Lipinski definition) is 3. The molecule has 1 amide bonds. The van der Waals surface area contributed by atoms with Crippen LogP contribution in [0.3, 0.4) is 0 Å². The Morgan fingerprint density at radius 3 is 2.50 bits per heavy atom. The lowest BCUT2D eigenvalue weighted by Gasteiger charge is -2.17. The largest absolute Gasteiger partial charge is 0.356 e. The first kappa shape index (κ1) is 15.4. The van der Waals surface area contributed by atoms with E-state index < -0.39 is 0 Å². The number of carbonyl (C=O) groups is 1. The Morgan fingerprint density at radius 2 is 1.94 bits per heavy atom. The van der Waals surface area contributed by atoms with Crippen molar-refractivity contribution in [1.82, 2.24) is 5.32 Å². The van der Waals surface area contributed by atoms with Gasteiger partial charge in [-0.1, -0.05) is 27.2 Å². The van der Waals surface area contributed by atoms with Crippen LogP contribution in [0.2, 0.25) is 0 Å². The van der Waals surface area contributed by atoms with Crippen molar-refractivity contribution < 1.29 is 9.63 Å². The second kappa shape index (κ2) is 8.53. The summed E-state index contributed by atoms with van der Waals surface area (Å²) in [5.74, 6) is 4.95. The molecular formula is C12H26N2O2. The highest BCUT2D eigenvalue weighted by atomic mass is 16.6. The number of rotatable bonds is 8. The summed E-state index contributed by atoms with van der Waals surface area (Å²) in [7, 11) is 0. The quantitative estimate of drug-likeness (QED) is 0.495. The SMILES string of the molecule is CC(C)(C)CCCCNC(=O)CCCON. The molecule has 0 atom stereocenters. The third-order valence-corrected chi connectivity index (χ3v) is 2.34. The third kappa shape index (κ3) is 11.5. The molecule has 0 saturated carbocycles. The minimum atomic E-state index is 0.0906. The van der Waals surface area contributed by atoms with E-state index in [1.807, 2.05) is 0 Å². The van der Waals surface area contributed by atoms with Crippen molar-refractivity contribution in [1.29, 1.82) is 0 Å². The predicted molar refractivity (Wildman–Crippen MR) is 65.7 cm³/mol. The smallest absolute Gasteiger partial charge is 0.220 e. The van der Waals surface area contributed by atoms with Gasteiger partial charge in [-0.2, -0.15) is 0 Å². The molecule has 0 heterocycles. The van der Waals surface area contributed by atoms with E-state index in [9.17, 15) is 4.79 Å². The molecule has 0 saturated heterocycles. The van der Waals surface area contributed by atoms with Crippen LogP contribution in [0, 0.1) is 5.41 Å². The van der Waals surface area contributed by atoms with Gasteiger partial charge in [-0.15, -0.1) is 0 Å².